The van der Waals surface area contributed by atoms with E-state index in [1.54, 1.807) is 12.1 Å². The van der Waals surface area contributed by atoms with Crippen LogP contribution in [0.1, 0.15) is 18.4 Å². The minimum absolute atomic E-state index is 0.0610. The van der Waals surface area contributed by atoms with Gasteiger partial charge in [-0.1, -0.05) is 18.2 Å². The van der Waals surface area contributed by atoms with Crippen LogP contribution in [0.2, 0.25) is 0 Å². The number of nitrogens with zero attached hydrogens (tertiary/aromatic N) is 1. The van der Waals surface area contributed by atoms with E-state index in [1.165, 1.54) is 30.3 Å². The number of nitrogens with two attached hydrogens (primary N) is 1. The molecule has 0 unspecified atom stereocenters. The van der Waals surface area contributed by atoms with Crippen molar-refractivity contribution in [2.24, 2.45) is 5.14 Å². The van der Waals surface area contributed by atoms with Gasteiger partial charge in [-0.3, -0.25) is 9.69 Å². The molecule has 0 heterocycles. The summed E-state index contributed by atoms with van der Waals surface area (Å²) < 4.78 is 36.2. The van der Waals surface area contributed by atoms with Gasteiger partial charge in [-0.2, -0.15) is 0 Å². The van der Waals surface area contributed by atoms with Gasteiger partial charge in [-0.25, -0.2) is 17.9 Å². The number of anilines is 1. The summed E-state index contributed by atoms with van der Waals surface area (Å²) in [6.45, 7) is 0.619. The summed E-state index contributed by atoms with van der Waals surface area (Å²) in [6, 6.07) is 12.4. The van der Waals surface area contributed by atoms with Crippen LogP contribution < -0.4 is 10.5 Å². The van der Waals surface area contributed by atoms with E-state index in [0.29, 0.717) is 18.3 Å². The summed E-state index contributed by atoms with van der Waals surface area (Å²) in [5.74, 6) is -0.567. The first-order valence-corrected chi connectivity index (χ1v) is 9.77. The van der Waals surface area contributed by atoms with Gasteiger partial charge in [-0.15, -0.1) is 0 Å². The topological polar surface area (TPSA) is 92.5 Å². The molecule has 26 heavy (non-hydrogen) atoms. The number of carbonyl (C=O) groups excluding carboxylic acids is 1. The van der Waals surface area contributed by atoms with Crippen molar-refractivity contribution in [3.05, 3.63) is 59.9 Å². The fraction of sp³-hybridized carbons (Fsp3) is 0.278. The second-order valence-electron chi connectivity index (χ2n) is 6.39. The van der Waals surface area contributed by atoms with Crippen molar-refractivity contribution < 1.29 is 17.6 Å². The van der Waals surface area contributed by atoms with Gasteiger partial charge in [0, 0.05) is 18.3 Å². The van der Waals surface area contributed by atoms with E-state index in [1.807, 2.05) is 11.0 Å². The Morgan fingerprint density at radius 3 is 2.58 bits per heavy atom. The zero-order valence-corrected chi connectivity index (χ0v) is 14.9. The van der Waals surface area contributed by atoms with Crippen molar-refractivity contribution in [2.45, 2.75) is 30.3 Å². The van der Waals surface area contributed by atoms with Crippen molar-refractivity contribution in [2.75, 3.05) is 11.9 Å². The second kappa shape index (κ2) is 7.53. The van der Waals surface area contributed by atoms with Crippen LogP contribution in [0.15, 0.2) is 53.4 Å². The van der Waals surface area contributed by atoms with Crippen LogP contribution in [-0.4, -0.2) is 31.8 Å². The van der Waals surface area contributed by atoms with E-state index in [4.69, 9.17) is 5.14 Å². The quantitative estimate of drug-likeness (QED) is 0.773. The lowest BCUT2D eigenvalue weighted by Gasteiger charge is -2.21. The molecule has 0 atom stereocenters. The number of halogens is 1. The third kappa shape index (κ3) is 5.10. The Labute approximate surface area is 151 Å². The number of nitrogens with one attached hydrogen (secondary N) is 1. The van der Waals surface area contributed by atoms with Gasteiger partial charge in [0.1, 0.15) is 5.82 Å². The number of hydrogen-bond donors (Lipinski definition) is 2. The molecule has 1 aliphatic carbocycles. The van der Waals surface area contributed by atoms with E-state index in [0.717, 1.165) is 18.4 Å². The van der Waals surface area contributed by atoms with Crippen LogP contribution in [0.3, 0.4) is 0 Å². The third-order valence-corrected chi connectivity index (χ3v) is 5.04. The van der Waals surface area contributed by atoms with Gasteiger partial charge in [0.2, 0.25) is 15.9 Å². The summed E-state index contributed by atoms with van der Waals surface area (Å²) in [5.41, 5.74) is 1.17. The van der Waals surface area contributed by atoms with Crippen molar-refractivity contribution >= 4 is 21.6 Å². The highest BCUT2D eigenvalue weighted by Gasteiger charge is 2.30. The second-order valence-corrected chi connectivity index (χ2v) is 7.95. The van der Waals surface area contributed by atoms with Gasteiger partial charge >= 0.3 is 0 Å². The lowest BCUT2D eigenvalue weighted by molar-refractivity contribution is -0.117. The predicted octanol–water partition coefficient (Wildman–Crippen LogP) is 2.08. The number of primary sulfonamides is 1. The summed E-state index contributed by atoms with van der Waals surface area (Å²) in [5, 5.41) is 7.79. The molecule has 1 fully saturated rings. The minimum Gasteiger partial charge on any atom is -0.325 e. The van der Waals surface area contributed by atoms with Crippen molar-refractivity contribution in [3.63, 3.8) is 0 Å². The molecule has 2 aromatic carbocycles. The normalized spacial score (nSPS) is 14.4. The average Bonchev–Trinajstić information content (AvgIpc) is 3.38. The van der Waals surface area contributed by atoms with E-state index in [-0.39, 0.29) is 23.2 Å². The zero-order chi connectivity index (χ0) is 18.7. The van der Waals surface area contributed by atoms with E-state index in [2.05, 4.69) is 5.32 Å². The molecular weight excluding hydrogens is 357 g/mol. The number of amides is 1. The molecule has 0 radical (unpaired) electrons. The molecule has 6 nitrogen and oxygen atoms in total. The van der Waals surface area contributed by atoms with Crippen LogP contribution in [0.4, 0.5) is 10.1 Å². The number of benzene rings is 2. The van der Waals surface area contributed by atoms with Gasteiger partial charge < -0.3 is 5.32 Å². The van der Waals surface area contributed by atoms with Gasteiger partial charge in [-0.05, 0) is 48.7 Å². The number of rotatable bonds is 7. The molecule has 0 saturated heterocycles. The zero-order valence-electron chi connectivity index (χ0n) is 14.1. The number of carbonyl (C=O) groups is 1. The number of hydrogen-bond acceptors (Lipinski definition) is 4. The monoisotopic (exact) mass is 377 g/mol. The maximum absolute atomic E-state index is 13.4. The summed E-state index contributed by atoms with van der Waals surface area (Å²) in [6.07, 6.45) is 2.01. The first kappa shape index (κ1) is 18.5. The largest absolute Gasteiger partial charge is 0.325 e. The lowest BCUT2D eigenvalue weighted by atomic mass is 10.2. The molecular formula is C18H20FN3O3S. The van der Waals surface area contributed by atoms with Crippen LogP contribution >= 0.6 is 0 Å². The maximum Gasteiger partial charge on any atom is 0.238 e. The van der Waals surface area contributed by atoms with Gasteiger partial charge in [0.15, 0.2) is 0 Å². The van der Waals surface area contributed by atoms with Crippen LogP contribution in [0, 0.1) is 5.82 Å². The van der Waals surface area contributed by atoms with Crippen molar-refractivity contribution in [1.82, 2.24) is 4.90 Å². The predicted molar refractivity (Wildman–Crippen MR) is 96.3 cm³/mol. The molecule has 1 amide bonds. The highest BCUT2D eigenvalue weighted by molar-refractivity contribution is 7.89. The molecule has 8 heteroatoms. The molecule has 0 aromatic heterocycles. The highest BCUT2D eigenvalue weighted by atomic mass is 32.2. The molecule has 0 aliphatic heterocycles. The standard InChI is InChI=1S/C18H20FN3O3S/c19-14-4-1-3-13(9-14)11-22(16-7-8-16)12-18(23)21-15-5-2-6-17(10-15)26(20,24)25/h1-6,9-10,16H,7-8,11-12H2,(H,21,23)(H2,20,24,25). The first-order chi connectivity index (χ1) is 12.3. The Balaban J connectivity index is 1.65. The van der Waals surface area contributed by atoms with E-state index < -0.39 is 10.0 Å². The maximum atomic E-state index is 13.4. The Hall–Kier alpha value is -2.29. The van der Waals surface area contributed by atoms with Crippen molar-refractivity contribution in [3.8, 4) is 0 Å². The smallest absolute Gasteiger partial charge is 0.238 e. The van der Waals surface area contributed by atoms with E-state index in [9.17, 15) is 17.6 Å². The Bertz CT molecular complexity index is 913. The molecule has 3 N–H and O–H groups in total. The van der Waals surface area contributed by atoms with E-state index >= 15 is 0 Å². The lowest BCUT2D eigenvalue weighted by Crippen LogP contribution is -2.34. The average molecular weight is 377 g/mol. The van der Waals surface area contributed by atoms with Crippen LogP contribution in [-0.2, 0) is 21.4 Å². The number of sulfonamides is 1. The molecule has 1 saturated carbocycles. The fourth-order valence-electron chi connectivity index (χ4n) is 2.76. The highest BCUT2D eigenvalue weighted by Crippen LogP contribution is 2.28. The Morgan fingerprint density at radius 2 is 1.92 bits per heavy atom. The summed E-state index contributed by atoms with van der Waals surface area (Å²) in [7, 11) is -3.83. The van der Waals surface area contributed by atoms with Gasteiger partial charge in [0.25, 0.3) is 0 Å². The molecule has 0 bridgehead atoms. The minimum atomic E-state index is -3.83. The first-order valence-electron chi connectivity index (χ1n) is 8.22. The molecule has 2 aromatic rings. The summed E-state index contributed by atoms with van der Waals surface area (Å²) in [4.78, 5) is 14.3. The molecule has 1 aliphatic rings. The molecule has 138 valence electrons. The fourth-order valence-corrected chi connectivity index (χ4v) is 3.32. The van der Waals surface area contributed by atoms with Gasteiger partial charge in [0.05, 0.1) is 11.4 Å². The molecule has 3 rings (SSSR count). The molecule has 0 spiro atoms. The van der Waals surface area contributed by atoms with Crippen LogP contribution in [0.5, 0.6) is 0 Å². The Kier molecular flexibility index (Phi) is 5.36. The third-order valence-electron chi connectivity index (χ3n) is 4.13. The Morgan fingerprint density at radius 1 is 1.19 bits per heavy atom. The SMILES string of the molecule is NS(=O)(=O)c1cccc(NC(=O)CN(Cc2cccc(F)c2)C2CC2)c1. The van der Waals surface area contributed by atoms with Crippen molar-refractivity contribution in [1.29, 1.82) is 0 Å². The van der Waals surface area contributed by atoms with Crippen LogP contribution in [0.25, 0.3) is 0 Å². The summed E-state index contributed by atoms with van der Waals surface area (Å²) >= 11 is 0.